The van der Waals surface area contributed by atoms with Gasteiger partial charge in [0.2, 0.25) is 5.91 Å². The number of nitrogens with zero attached hydrogens (tertiary/aromatic N) is 2. The molecule has 1 saturated heterocycles. The summed E-state index contributed by atoms with van der Waals surface area (Å²) in [4.78, 5) is 17.6. The van der Waals surface area contributed by atoms with Crippen molar-refractivity contribution in [2.45, 2.75) is 19.3 Å². The molecule has 74 valence electrons. The number of carbonyl (C=O) groups excluding carboxylic acids is 1. The maximum absolute atomic E-state index is 11.6. The summed E-state index contributed by atoms with van der Waals surface area (Å²) in [5.41, 5.74) is 0.926. The molecule has 0 aromatic carbocycles. The number of aromatic nitrogens is 1. The van der Waals surface area contributed by atoms with Gasteiger partial charge in [0.05, 0.1) is 11.9 Å². The van der Waals surface area contributed by atoms with Crippen LogP contribution in [0.5, 0.6) is 0 Å². The monoisotopic (exact) mass is 302 g/mol. The van der Waals surface area contributed by atoms with E-state index in [4.69, 9.17) is 0 Å². The van der Waals surface area contributed by atoms with Crippen molar-refractivity contribution in [3.8, 4) is 0 Å². The number of anilines is 1. The number of rotatable bonds is 1. The van der Waals surface area contributed by atoms with Crippen LogP contribution in [0.15, 0.2) is 18.3 Å². The Bertz CT molecular complexity index is 336. The third kappa shape index (κ3) is 2.05. The Hall–Kier alpha value is -0.650. The summed E-state index contributed by atoms with van der Waals surface area (Å²) >= 11 is 2.16. The average molecular weight is 302 g/mol. The van der Waals surface area contributed by atoms with Gasteiger partial charge in [0.25, 0.3) is 0 Å². The zero-order valence-electron chi connectivity index (χ0n) is 7.74. The summed E-state index contributed by atoms with van der Waals surface area (Å²) in [7, 11) is 0. The average Bonchev–Trinajstić information content (AvgIpc) is 2.20. The number of halogens is 1. The zero-order chi connectivity index (χ0) is 9.97. The first kappa shape index (κ1) is 9.89. The molecule has 0 N–H and O–H groups in total. The molecule has 1 fully saturated rings. The van der Waals surface area contributed by atoms with Gasteiger partial charge < -0.3 is 4.90 Å². The van der Waals surface area contributed by atoms with Crippen molar-refractivity contribution in [2.75, 3.05) is 11.4 Å². The van der Waals surface area contributed by atoms with E-state index in [0.29, 0.717) is 6.42 Å². The standard InChI is InChI=1S/C10H11IN2O/c11-9-5-4-8(7-12-9)13-6-2-1-3-10(13)14/h4-5,7H,1-3,6H2. The van der Waals surface area contributed by atoms with Gasteiger partial charge in [-0.15, -0.1) is 0 Å². The van der Waals surface area contributed by atoms with Crippen molar-refractivity contribution >= 4 is 34.2 Å². The Balaban J connectivity index is 2.20. The predicted octanol–water partition coefficient (Wildman–Crippen LogP) is 2.20. The summed E-state index contributed by atoms with van der Waals surface area (Å²) in [5.74, 6) is 0.222. The molecule has 0 radical (unpaired) electrons. The molecule has 0 unspecified atom stereocenters. The van der Waals surface area contributed by atoms with E-state index >= 15 is 0 Å². The molecule has 0 bridgehead atoms. The lowest BCUT2D eigenvalue weighted by atomic mass is 10.1. The highest BCUT2D eigenvalue weighted by molar-refractivity contribution is 14.1. The first-order valence-corrected chi connectivity index (χ1v) is 5.77. The van der Waals surface area contributed by atoms with Gasteiger partial charge in [-0.2, -0.15) is 0 Å². The maximum Gasteiger partial charge on any atom is 0.227 e. The highest BCUT2D eigenvalue weighted by Crippen LogP contribution is 2.20. The van der Waals surface area contributed by atoms with Crippen molar-refractivity contribution < 1.29 is 4.79 Å². The molecule has 1 aromatic heterocycles. The Kier molecular flexibility index (Phi) is 3.00. The van der Waals surface area contributed by atoms with Crippen LogP contribution >= 0.6 is 22.6 Å². The van der Waals surface area contributed by atoms with Crippen LogP contribution in [0.4, 0.5) is 5.69 Å². The molecule has 1 aliphatic heterocycles. The zero-order valence-corrected chi connectivity index (χ0v) is 9.90. The number of carbonyl (C=O) groups is 1. The van der Waals surface area contributed by atoms with E-state index in [2.05, 4.69) is 27.6 Å². The summed E-state index contributed by atoms with van der Waals surface area (Å²) in [6.45, 7) is 0.834. The van der Waals surface area contributed by atoms with Crippen LogP contribution in [0.2, 0.25) is 0 Å². The highest BCUT2D eigenvalue weighted by Gasteiger charge is 2.19. The number of amides is 1. The van der Waals surface area contributed by atoms with Crippen molar-refractivity contribution in [2.24, 2.45) is 0 Å². The molecule has 1 aromatic rings. The normalized spacial score (nSPS) is 17.2. The van der Waals surface area contributed by atoms with Gasteiger partial charge in [-0.3, -0.25) is 4.79 Å². The fourth-order valence-electron chi connectivity index (χ4n) is 1.61. The molecule has 0 aliphatic carbocycles. The van der Waals surface area contributed by atoms with Gasteiger partial charge in [0.15, 0.2) is 0 Å². The van der Waals surface area contributed by atoms with E-state index in [1.807, 2.05) is 17.0 Å². The Morgan fingerprint density at radius 3 is 2.86 bits per heavy atom. The first-order chi connectivity index (χ1) is 6.77. The lowest BCUT2D eigenvalue weighted by Gasteiger charge is -2.26. The molecular weight excluding hydrogens is 291 g/mol. The number of hydrogen-bond donors (Lipinski definition) is 0. The molecule has 3 nitrogen and oxygen atoms in total. The topological polar surface area (TPSA) is 33.2 Å². The third-order valence-corrected chi connectivity index (χ3v) is 2.98. The second-order valence-corrected chi connectivity index (χ2v) is 4.45. The first-order valence-electron chi connectivity index (χ1n) is 4.69. The minimum Gasteiger partial charge on any atom is -0.311 e. The largest absolute Gasteiger partial charge is 0.311 e. The second-order valence-electron chi connectivity index (χ2n) is 3.34. The maximum atomic E-state index is 11.6. The van der Waals surface area contributed by atoms with E-state index in [-0.39, 0.29) is 5.91 Å². The van der Waals surface area contributed by atoms with Crippen LogP contribution in [0.3, 0.4) is 0 Å². The number of piperidine rings is 1. The molecule has 14 heavy (non-hydrogen) atoms. The fraction of sp³-hybridized carbons (Fsp3) is 0.400. The summed E-state index contributed by atoms with van der Waals surface area (Å²) < 4.78 is 0.954. The van der Waals surface area contributed by atoms with Gasteiger partial charge in [-0.25, -0.2) is 4.98 Å². The van der Waals surface area contributed by atoms with E-state index in [1.54, 1.807) is 6.20 Å². The molecular formula is C10H11IN2O. The SMILES string of the molecule is O=C1CCCCN1c1ccc(I)nc1. The van der Waals surface area contributed by atoms with Gasteiger partial charge in [0.1, 0.15) is 3.70 Å². The molecule has 4 heteroatoms. The number of hydrogen-bond acceptors (Lipinski definition) is 2. The summed E-state index contributed by atoms with van der Waals surface area (Å²) in [6.07, 6.45) is 4.56. The molecule has 2 heterocycles. The summed E-state index contributed by atoms with van der Waals surface area (Å²) in [6, 6.07) is 3.88. The van der Waals surface area contributed by atoms with Gasteiger partial charge in [-0.05, 0) is 47.6 Å². The predicted molar refractivity (Wildman–Crippen MR) is 63.2 cm³/mol. The molecule has 0 spiro atoms. The van der Waals surface area contributed by atoms with E-state index in [9.17, 15) is 4.79 Å². The minimum absolute atomic E-state index is 0.222. The van der Waals surface area contributed by atoms with Crippen LogP contribution in [-0.4, -0.2) is 17.4 Å². The van der Waals surface area contributed by atoms with Crippen LogP contribution in [-0.2, 0) is 4.79 Å². The van der Waals surface area contributed by atoms with Crippen LogP contribution < -0.4 is 4.90 Å². The van der Waals surface area contributed by atoms with Crippen molar-refractivity contribution in [1.82, 2.24) is 4.98 Å². The quantitative estimate of drug-likeness (QED) is 0.588. The van der Waals surface area contributed by atoms with Crippen molar-refractivity contribution in [3.63, 3.8) is 0 Å². The lowest BCUT2D eigenvalue weighted by Crippen LogP contribution is -2.35. The van der Waals surface area contributed by atoms with E-state index in [0.717, 1.165) is 28.8 Å². The lowest BCUT2D eigenvalue weighted by molar-refractivity contribution is -0.119. The number of pyridine rings is 1. The van der Waals surface area contributed by atoms with Crippen LogP contribution in [0, 0.1) is 3.70 Å². The Morgan fingerprint density at radius 2 is 2.21 bits per heavy atom. The van der Waals surface area contributed by atoms with Crippen molar-refractivity contribution in [3.05, 3.63) is 22.0 Å². The molecule has 2 rings (SSSR count). The van der Waals surface area contributed by atoms with Gasteiger partial charge >= 0.3 is 0 Å². The van der Waals surface area contributed by atoms with E-state index in [1.165, 1.54) is 0 Å². The minimum atomic E-state index is 0.222. The van der Waals surface area contributed by atoms with Gasteiger partial charge in [-0.1, -0.05) is 0 Å². The van der Waals surface area contributed by atoms with Crippen molar-refractivity contribution in [1.29, 1.82) is 0 Å². The Labute approximate surface area is 96.7 Å². The molecule has 0 saturated carbocycles. The highest BCUT2D eigenvalue weighted by atomic mass is 127. The second kappa shape index (κ2) is 4.25. The van der Waals surface area contributed by atoms with Crippen LogP contribution in [0.25, 0.3) is 0 Å². The third-order valence-electron chi connectivity index (χ3n) is 2.35. The van der Waals surface area contributed by atoms with Gasteiger partial charge in [0, 0.05) is 13.0 Å². The van der Waals surface area contributed by atoms with E-state index < -0.39 is 0 Å². The fourth-order valence-corrected chi connectivity index (χ4v) is 1.93. The molecule has 0 atom stereocenters. The summed E-state index contributed by atoms with van der Waals surface area (Å²) in [5, 5.41) is 0. The molecule has 1 amide bonds. The smallest absolute Gasteiger partial charge is 0.227 e. The van der Waals surface area contributed by atoms with Crippen LogP contribution in [0.1, 0.15) is 19.3 Å². The molecule has 1 aliphatic rings. The Morgan fingerprint density at radius 1 is 1.36 bits per heavy atom.